The smallest absolute Gasteiger partial charge is 0.270 e. The fraction of sp³-hybridized carbons (Fsp3) is 0.513. The van der Waals surface area contributed by atoms with Crippen LogP contribution in [0.2, 0.25) is 0 Å². The lowest BCUT2D eigenvalue weighted by Crippen LogP contribution is -2.64. The molecule has 0 radical (unpaired) electrons. The van der Waals surface area contributed by atoms with E-state index in [0.29, 0.717) is 30.3 Å². The number of hydrogen-bond acceptors (Lipinski definition) is 7. The third-order valence-corrected chi connectivity index (χ3v) is 10.0. The SMILES string of the molecule is CC(C)(C)NC(=O)[C@@H]1CC2CCCC[C@H]2CN1C[C@@](C)(O)C(Cc1ccccc1)NC(=O)[C@H](CC(N)=O)NC(=O)c1ccc2ccccc2n1. The number of rotatable bonds is 12. The number of aliphatic hydroxyl groups is 1. The Morgan fingerprint density at radius 1 is 0.920 bits per heavy atom. The van der Waals surface area contributed by atoms with Crippen LogP contribution in [0.25, 0.3) is 10.9 Å². The quantitative estimate of drug-likeness (QED) is 0.195. The molecule has 2 aliphatic rings. The second-order valence-electron chi connectivity index (χ2n) is 15.4. The van der Waals surface area contributed by atoms with Crippen LogP contribution in [0.4, 0.5) is 0 Å². The summed E-state index contributed by atoms with van der Waals surface area (Å²) < 4.78 is 0. The maximum Gasteiger partial charge on any atom is 0.270 e. The number of piperidine rings is 1. The Hall–Kier alpha value is -4.35. The molecule has 2 aromatic carbocycles. The predicted octanol–water partition coefficient (Wildman–Crippen LogP) is 3.48. The van der Waals surface area contributed by atoms with Gasteiger partial charge in [0, 0.05) is 24.0 Å². The van der Waals surface area contributed by atoms with E-state index in [2.05, 4.69) is 25.8 Å². The third kappa shape index (κ3) is 9.66. The topological polar surface area (TPSA) is 167 Å². The van der Waals surface area contributed by atoms with E-state index in [1.165, 1.54) is 0 Å². The highest BCUT2D eigenvalue weighted by atomic mass is 16.3. The summed E-state index contributed by atoms with van der Waals surface area (Å²) in [5.41, 5.74) is 5.19. The Balaban J connectivity index is 1.39. The zero-order valence-electron chi connectivity index (χ0n) is 29.7. The molecule has 4 amide bonds. The van der Waals surface area contributed by atoms with Gasteiger partial charge in [-0.3, -0.25) is 24.1 Å². The van der Waals surface area contributed by atoms with Gasteiger partial charge in [0.1, 0.15) is 11.7 Å². The molecule has 6 N–H and O–H groups in total. The van der Waals surface area contributed by atoms with E-state index in [-0.39, 0.29) is 24.6 Å². The van der Waals surface area contributed by atoms with Gasteiger partial charge in [0.05, 0.1) is 29.6 Å². The molecule has 6 atom stereocenters. The largest absolute Gasteiger partial charge is 0.387 e. The number of pyridine rings is 1. The van der Waals surface area contributed by atoms with Crippen LogP contribution in [0.5, 0.6) is 0 Å². The molecular formula is C39H52N6O5. The number of hydrogen-bond donors (Lipinski definition) is 5. The van der Waals surface area contributed by atoms with Crippen molar-refractivity contribution in [1.82, 2.24) is 25.8 Å². The van der Waals surface area contributed by atoms with Gasteiger partial charge in [-0.05, 0) is 76.5 Å². The zero-order chi connectivity index (χ0) is 36.1. The van der Waals surface area contributed by atoms with Crippen molar-refractivity contribution in [2.75, 3.05) is 13.1 Å². The molecule has 1 saturated heterocycles. The summed E-state index contributed by atoms with van der Waals surface area (Å²) in [6.45, 7) is 8.35. The number of primary amides is 1. The highest BCUT2D eigenvalue weighted by molar-refractivity contribution is 5.99. The van der Waals surface area contributed by atoms with Crippen molar-refractivity contribution in [2.45, 2.75) is 102 Å². The van der Waals surface area contributed by atoms with Gasteiger partial charge in [-0.1, -0.05) is 73.9 Å². The van der Waals surface area contributed by atoms with Crippen molar-refractivity contribution >= 4 is 34.5 Å². The fourth-order valence-electron chi connectivity index (χ4n) is 7.50. The molecule has 0 spiro atoms. The van der Waals surface area contributed by atoms with Gasteiger partial charge in [0.15, 0.2) is 0 Å². The number of fused-ring (bicyclic) bond motifs is 2. The molecule has 11 nitrogen and oxygen atoms in total. The van der Waals surface area contributed by atoms with E-state index in [1.54, 1.807) is 25.1 Å². The molecule has 1 aliphatic carbocycles. The predicted molar refractivity (Wildman–Crippen MR) is 193 cm³/mol. The van der Waals surface area contributed by atoms with Crippen LogP contribution in [0.15, 0.2) is 66.7 Å². The van der Waals surface area contributed by atoms with Crippen molar-refractivity contribution in [1.29, 1.82) is 0 Å². The molecule has 1 saturated carbocycles. The first kappa shape index (κ1) is 36.9. The molecule has 0 bridgehead atoms. The van der Waals surface area contributed by atoms with Crippen LogP contribution in [0.1, 0.15) is 82.3 Å². The molecule has 2 fully saturated rings. The van der Waals surface area contributed by atoms with Crippen LogP contribution in [-0.2, 0) is 20.8 Å². The highest BCUT2D eigenvalue weighted by Crippen LogP contribution is 2.39. The number of nitrogens with zero attached hydrogens (tertiary/aromatic N) is 2. The number of nitrogens with one attached hydrogen (secondary N) is 3. The summed E-state index contributed by atoms with van der Waals surface area (Å²) in [7, 11) is 0. The van der Waals surface area contributed by atoms with Gasteiger partial charge in [0.2, 0.25) is 17.7 Å². The Labute approximate surface area is 294 Å². The molecule has 3 aromatic rings. The summed E-state index contributed by atoms with van der Waals surface area (Å²) in [6.07, 6.45) is 5.03. The minimum atomic E-state index is -1.52. The first-order valence-electron chi connectivity index (χ1n) is 17.8. The normalized spacial score (nSPS) is 22.0. The molecule has 5 rings (SSSR count). The Morgan fingerprint density at radius 3 is 2.30 bits per heavy atom. The van der Waals surface area contributed by atoms with Crippen LogP contribution >= 0.6 is 0 Å². The minimum absolute atomic E-state index is 0.0625. The maximum absolute atomic E-state index is 14.0. The summed E-state index contributed by atoms with van der Waals surface area (Å²) in [5, 5.41) is 21.9. The van der Waals surface area contributed by atoms with Crippen LogP contribution in [0.3, 0.4) is 0 Å². The van der Waals surface area contributed by atoms with Crippen molar-refractivity contribution in [3.63, 3.8) is 0 Å². The Kier molecular flexibility index (Phi) is 11.6. The van der Waals surface area contributed by atoms with E-state index in [1.807, 2.05) is 69.3 Å². The lowest BCUT2D eigenvalue weighted by molar-refractivity contribution is -0.136. The number of amides is 4. The van der Waals surface area contributed by atoms with Crippen LogP contribution < -0.4 is 21.7 Å². The van der Waals surface area contributed by atoms with E-state index in [9.17, 15) is 24.3 Å². The Bertz CT molecular complexity index is 1670. The van der Waals surface area contributed by atoms with E-state index >= 15 is 0 Å². The lowest BCUT2D eigenvalue weighted by atomic mass is 9.72. The van der Waals surface area contributed by atoms with Gasteiger partial charge in [0.25, 0.3) is 5.91 Å². The monoisotopic (exact) mass is 684 g/mol. The number of carbonyl (C=O) groups is 4. The molecule has 2 unspecified atom stereocenters. The second kappa shape index (κ2) is 15.7. The van der Waals surface area contributed by atoms with Gasteiger partial charge >= 0.3 is 0 Å². The van der Waals surface area contributed by atoms with Crippen molar-refractivity contribution < 1.29 is 24.3 Å². The average Bonchev–Trinajstić information content (AvgIpc) is 3.06. The number of benzene rings is 2. The molecule has 1 aliphatic heterocycles. The number of nitrogens with two attached hydrogens (primary N) is 1. The zero-order valence-corrected chi connectivity index (χ0v) is 29.7. The maximum atomic E-state index is 14.0. The fourth-order valence-corrected chi connectivity index (χ4v) is 7.50. The number of para-hydroxylation sites is 1. The van der Waals surface area contributed by atoms with Crippen LogP contribution in [-0.4, -0.2) is 81.0 Å². The molecule has 11 heteroatoms. The number of aromatic nitrogens is 1. The van der Waals surface area contributed by atoms with Gasteiger partial charge in [-0.25, -0.2) is 4.98 Å². The molecule has 268 valence electrons. The first-order valence-corrected chi connectivity index (χ1v) is 17.8. The third-order valence-electron chi connectivity index (χ3n) is 10.0. The summed E-state index contributed by atoms with van der Waals surface area (Å²) in [4.78, 5) is 59.7. The lowest BCUT2D eigenvalue weighted by Gasteiger charge is -2.48. The van der Waals surface area contributed by atoms with E-state index in [4.69, 9.17) is 5.73 Å². The Morgan fingerprint density at radius 2 is 1.60 bits per heavy atom. The summed E-state index contributed by atoms with van der Waals surface area (Å²) in [5.74, 6) is -1.24. The second-order valence-corrected chi connectivity index (χ2v) is 15.4. The van der Waals surface area contributed by atoms with Crippen molar-refractivity contribution in [3.8, 4) is 0 Å². The molecular weight excluding hydrogens is 632 g/mol. The molecule has 2 heterocycles. The number of likely N-dealkylation sites (tertiary alicyclic amines) is 1. The molecule has 50 heavy (non-hydrogen) atoms. The van der Waals surface area contributed by atoms with Crippen molar-refractivity contribution in [2.24, 2.45) is 17.6 Å². The summed E-state index contributed by atoms with van der Waals surface area (Å²) in [6, 6.07) is 17.6. The number of carbonyl (C=O) groups excluding carboxylic acids is 4. The van der Waals surface area contributed by atoms with E-state index in [0.717, 1.165) is 36.6 Å². The standard InChI is InChI=1S/C39H52N6O5/c1-38(2,3)44-37(49)32-21-27-15-8-9-16-28(27)23-45(32)24-39(4,50)33(20-25-12-6-5-7-13-25)43-36(48)31(22-34(40)46)42-35(47)30-19-18-26-14-10-11-17-29(26)41-30/h5-7,10-14,17-19,27-28,31-33,50H,8-9,15-16,20-24H2,1-4H3,(H2,40,46)(H,42,47)(H,43,48)(H,44,49)/t27?,28-,31-,32-,33?,39+/m0/s1. The minimum Gasteiger partial charge on any atom is -0.387 e. The van der Waals surface area contributed by atoms with Gasteiger partial charge in [-0.2, -0.15) is 0 Å². The first-order chi connectivity index (χ1) is 23.7. The number of β-amino-alcohol motifs (C(OH)–C–C–N with tert-alkyl or cyclic N) is 1. The van der Waals surface area contributed by atoms with Crippen molar-refractivity contribution in [3.05, 3.63) is 78.0 Å². The van der Waals surface area contributed by atoms with Gasteiger partial charge < -0.3 is 26.8 Å². The van der Waals surface area contributed by atoms with Crippen LogP contribution in [0, 0.1) is 11.8 Å². The van der Waals surface area contributed by atoms with E-state index < -0.39 is 53.4 Å². The highest BCUT2D eigenvalue weighted by Gasteiger charge is 2.45. The molecule has 1 aromatic heterocycles. The van der Waals surface area contributed by atoms with Gasteiger partial charge in [-0.15, -0.1) is 0 Å². The summed E-state index contributed by atoms with van der Waals surface area (Å²) >= 11 is 0. The average molecular weight is 685 g/mol.